The van der Waals surface area contributed by atoms with Crippen LogP contribution in [0, 0.1) is 13.8 Å². The topological polar surface area (TPSA) is 81.1 Å². The molecule has 3 aliphatic heterocycles. The number of aromatic nitrogens is 1. The summed E-state index contributed by atoms with van der Waals surface area (Å²) >= 11 is 0. The van der Waals surface area contributed by atoms with Crippen molar-refractivity contribution in [3.8, 4) is 11.5 Å². The summed E-state index contributed by atoms with van der Waals surface area (Å²) in [5, 5.41) is 0. The summed E-state index contributed by atoms with van der Waals surface area (Å²) in [6, 6.07) is 6.90. The van der Waals surface area contributed by atoms with Crippen molar-refractivity contribution in [3.63, 3.8) is 0 Å². The molecule has 5 rings (SSSR count). The van der Waals surface area contributed by atoms with E-state index in [1.807, 2.05) is 38.1 Å². The van der Waals surface area contributed by atoms with Crippen molar-refractivity contribution in [1.29, 1.82) is 0 Å². The molecule has 1 aromatic carbocycles. The number of hydrogen-bond acceptors (Lipinski definition) is 5. The van der Waals surface area contributed by atoms with Crippen molar-refractivity contribution < 1.29 is 23.9 Å². The molecule has 2 aromatic rings. The number of nitrogens with zero attached hydrogens (tertiary/aromatic N) is 3. The molecule has 0 saturated carbocycles. The lowest BCUT2D eigenvalue weighted by molar-refractivity contribution is -0.127. The Kier molecular flexibility index (Phi) is 4.30. The molecule has 0 spiro atoms. The Hall–Kier alpha value is -3.29. The van der Waals surface area contributed by atoms with Gasteiger partial charge in [-0.05, 0) is 50.5 Å². The van der Waals surface area contributed by atoms with Crippen LogP contribution in [0.3, 0.4) is 0 Å². The third-order valence-electron chi connectivity index (χ3n) is 6.23. The van der Waals surface area contributed by atoms with Crippen LogP contribution in [0.25, 0.3) is 0 Å². The number of hydrogen-bond donors (Lipinski definition) is 0. The van der Waals surface area contributed by atoms with Crippen LogP contribution in [0.5, 0.6) is 11.5 Å². The van der Waals surface area contributed by atoms with Gasteiger partial charge in [0.15, 0.2) is 17.3 Å². The lowest BCUT2D eigenvalue weighted by Crippen LogP contribution is -2.37. The summed E-state index contributed by atoms with van der Waals surface area (Å²) in [6.45, 7) is 5.02. The molecule has 1 aromatic heterocycles. The quantitative estimate of drug-likeness (QED) is 0.560. The van der Waals surface area contributed by atoms with Gasteiger partial charge < -0.3 is 18.9 Å². The van der Waals surface area contributed by atoms with E-state index in [-0.39, 0.29) is 37.1 Å². The summed E-state index contributed by atoms with van der Waals surface area (Å²) < 4.78 is 12.9. The van der Waals surface area contributed by atoms with Gasteiger partial charge >= 0.3 is 6.03 Å². The highest BCUT2D eigenvalue weighted by molar-refractivity contribution is 6.09. The first-order valence-corrected chi connectivity index (χ1v) is 10.1. The van der Waals surface area contributed by atoms with E-state index < -0.39 is 0 Å². The van der Waals surface area contributed by atoms with E-state index in [1.165, 1.54) is 0 Å². The number of rotatable bonds is 5. The molecule has 2 saturated heterocycles. The van der Waals surface area contributed by atoms with Crippen LogP contribution in [0.2, 0.25) is 0 Å². The van der Waals surface area contributed by atoms with Crippen LogP contribution in [-0.4, -0.2) is 58.0 Å². The number of carbonyl (C=O) groups excluding carboxylic acids is 3. The maximum atomic E-state index is 13.0. The molecule has 1 atom stereocenters. The Morgan fingerprint density at radius 2 is 1.93 bits per heavy atom. The largest absolute Gasteiger partial charge is 0.454 e. The van der Waals surface area contributed by atoms with Crippen LogP contribution in [0.1, 0.15) is 40.2 Å². The highest BCUT2D eigenvalue weighted by Gasteiger charge is 2.47. The number of Topliss-reactive ketones (excluding diaryl/α,β-unsaturated/α-hetero) is 1. The van der Waals surface area contributed by atoms with Gasteiger partial charge in [0.2, 0.25) is 6.79 Å². The first kappa shape index (κ1) is 18.7. The first-order chi connectivity index (χ1) is 14.4. The average Bonchev–Trinajstić information content (AvgIpc) is 3.48. The monoisotopic (exact) mass is 409 g/mol. The van der Waals surface area contributed by atoms with Gasteiger partial charge in [0.25, 0.3) is 5.91 Å². The van der Waals surface area contributed by atoms with Crippen LogP contribution in [0.4, 0.5) is 4.79 Å². The Morgan fingerprint density at radius 3 is 2.73 bits per heavy atom. The minimum absolute atomic E-state index is 0.209. The minimum Gasteiger partial charge on any atom is -0.454 e. The lowest BCUT2D eigenvalue weighted by Gasteiger charge is -2.15. The standard InChI is InChI=1S/C22H23N3O5/c1-13-8-16(18(26)11-25-21(27)17-4-3-7-23(17)22(25)28)14(2)24(13)10-15-5-6-19-20(9-15)30-12-29-19/h5-6,8-9,17H,3-4,7,10-12H2,1-2H3. The van der Waals surface area contributed by atoms with E-state index in [0.29, 0.717) is 25.1 Å². The molecule has 1 unspecified atom stereocenters. The van der Waals surface area contributed by atoms with E-state index in [1.54, 1.807) is 4.90 Å². The average molecular weight is 409 g/mol. The molecule has 8 nitrogen and oxygen atoms in total. The highest BCUT2D eigenvalue weighted by atomic mass is 16.7. The zero-order chi connectivity index (χ0) is 21.0. The maximum absolute atomic E-state index is 13.0. The van der Waals surface area contributed by atoms with Gasteiger partial charge in [-0.25, -0.2) is 4.79 Å². The maximum Gasteiger partial charge on any atom is 0.327 e. The van der Waals surface area contributed by atoms with E-state index in [0.717, 1.165) is 39.8 Å². The molecule has 0 bridgehead atoms. The molecular formula is C22H23N3O5. The van der Waals surface area contributed by atoms with E-state index in [2.05, 4.69) is 4.57 Å². The molecule has 0 aliphatic carbocycles. The third kappa shape index (κ3) is 2.86. The smallest absolute Gasteiger partial charge is 0.327 e. The molecule has 0 radical (unpaired) electrons. The number of ketones is 1. The molecule has 30 heavy (non-hydrogen) atoms. The van der Waals surface area contributed by atoms with Crippen LogP contribution in [-0.2, 0) is 11.3 Å². The Labute approximate surface area is 174 Å². The molecule has 0 N–H and O–H groups in total. The molecule has 8 heteroatoms. The zero-order valence-electron chi connectivity index (χ0n) is 17.0. The Morgan fingerprint density at radius 1 is 1.13 bits per heavy atom. The zero-order valence-corrected chi connectivity index (χ0v) is 17.0. The van der Waals surface area contributed by atoms with Crippen LogP contribution < -0.4 is 9.47 Å². The summed E-state index contributed by atoms with van der Waals surface area (Å²) in [6.07, 6.45) is 1.52. The predicted octanol–water partition coefficient (Wildman–Crippen LogP) is 2.49. The number of carbonyl (C=O) groups is 3. The predicted molar refractivity (Wildman–Crippen MR) is 107 cm³/mol. The van der Waals surface area contributed by atoms with Gasteiger partial charge in [0.05, 0.1) is 6.54 Å². The number of urea groups is 1. The summed E-state index contributed by atoms with van der Waals surface area (Å²) in [5.74, 6) is 0.983. The van der Waals surface area contributed by atoms with Gasteiger partial charge in [0.1, 0.15) is 6.04 Å². The van der Waals surface area contributed by atoms with E-state index in [9.17, 15) is 14.4 Å². The number of ether oxygens (including phenoxy) is 2. The summed E-state index contributed by atoms with van der Waals surface area (Å²) in [4.78, 5) is 40.7. The summed E-state index contributed by atoms with van der Waals surface area (Å²) in [7, 11) is 0. The fourth-order valence-corrected chi connectivity index (χ4v) is 4.60. The fraction of sp³-hybridized carbons (Fsp3) is 0.409. The van der Waals surface area contributed by atoms with Crippen molar-refractivity contribution in [2.45, 2.75) is 39.3 Å². The first-order valence-electron chi connectivity index (χ1n) is 10.1. The second kappa shape index (κ2) is 6.90. The fourth-order valence-electron chi connectivity index (χ4n) is 4.60. The van der Waals surface area contributed by atoms with E-state index >= 15 is 0 Å². The molecule has 156 valence electrons. The SMILES string of the molecule is Cc1cc(C(=O)CN2C(=O)C3CCCN3C2=O)c(C)n1Cc1ccc2c(c1)OCO2. The van der Waals surface area contributed by atoms with E-state index in [4.69, 9.17) is 9.47 Å². The van der Waals surface area contributed by atoms with Gasteiger partial charge in [-0.3, -0.25) is 14.5 Å². The highest BCUT2D eigenvalue weighted by Crippen LogP contribution is 2.33. The molecule has 4 heterocycles. The van der Waals surface area contributed by atoms with Gasteiger partial charge in [-0.15, -0.1) is 0 Å². The van der Waals surface area contributed by atoms with Crippen LogP contribution >= 0.6 is 0 Å². The number of amides is 3. The van der Waals surface area contributed by atoms with Crippen molar-refractivity contribution >= 4 is 17.7 Å². The van der Waals surface area contributed by atoms with Crippen molar-refractivity contribution in [2.75, 3.05) is 19.9 Å². The number of fused-ring (bicyclic) bond motifs is 2. The lowest BCUT2D eigenvalue weighted by atomic mass is 10.1. The number of imide groups is 1. The number of benzene rings is 1. The second-order valence-electron chi connectivity index (χ2n) is 8.04. The molecule has 2 fully saturated rings. The second-order valence-corrected chi connectivity index (χ2v) is 8.04. The van der Waals surface area contributed by atoms with Gasteiger partial charge in [-0.1, -0.05) is 6.07 Å². The molecule has 3 amide bonds. The van der Waals surface area contributed by atoms with Crippen molar-refractivity contribution in [1.82, 2.24) is 14.4 Å². The van der Waals surface area contributed by atoms with Gasteiger partial charge in [0, 0.05) is 30.0 Å². The van der Waals surface area contributed by atoms with Crippen molar-refractivity contribution in [3.05, 3.63) is 46.8 Å². The summed E-state index contributed by atoms with van der Waals surface area (Å²) in [5.41, 5.74) is 3.33. The Balaban J connectivity index is 1.35. The van der Waals surface area contributed by atoms with Gasteiger partial charge in [-0.2, -0.15) is 0 Å². The Bertz CT molecular complexity index is 1050. The number of aryl methyl sites for hydroxylation is 1. The molecular weight excluding hydrogens is 386 g/mol. The van der Waals surface area contributed by atoms with Crippen LogP contribution in [0.15, 0.2) is 24.3 Å². The molecule has 3 aliphatic rings. The van der Waals surface area contributed by atoms with Crippen molar-refractivity contribution in [2.24, 2.45) is 0 Å². The minimum atomic E-state index is -0.385. The third-order valence-corrected chi connectivity index (χ3v) is 6.23. The normalized spacial score (nSPS) is 19.7.